The highest BCUT2D eigenvalue weighted by atomic mass is 16.5. The van der Waals surface area contributed by atoms with E-state index in [1.165, 1.54) is 12.0 Å². The zero-order chi connectivity index (χ0) is 17.8. The minimum absolute atomic E-state index is 0.0151. The summed E-state index contributed by atoms with van der Waals surface area (Å²) >= 11 is 0. The molecule has 5 rings (SSSR count). The Morgan fingerprint density at radius 3 is 2.50 bits per heavy atom. The summed E-state index contributed by atoms with van der Waals surface area (Å²) in [6, 6.07) is 8.66. The van der Waals surface area contributed by atoms with Crippen LogP contribution < -0.4 is 20.7 Å². The van der Waals surface area contributed by atoms with E-state index in [9.17, 15) is 9.59 Å². The van der Waals surface area contributed by atoms with Crippen molar-refractivity contribution in [3.05, 3.63) is 29.8 Å². The van der Waals surface area contributed by atoms with Gasteiger partial charge in [0.25, 0.3) is 5.91 Å². The van der Waals surface area contributed by atoms with Crippen molar-refractivity contribution >= 4 is 11.9 Å². The third kappa shape index (κ3) is 2.50. The zero-order valence-corrected chi connectivity index (χ0v) is 14.8. The fourth-order valence-corrected chi connectivity index (χ4v) is 5.09. The third-order valence-electron chi connectivity index (χ3n) is 6.75. The van der Waals surface area contributed by atoms with Crippen molar-refractivity contribution in [2.45, 2.75) is 74.6 Å². The van der Waals surface area contributed by atoms with Crippen LogP contribution in [-0.2, 0) is 4.79 Å². The van der Waals surface area contributed by atoms with Crippen molar-refractivity contribution in [3.63, 3.8) is 0 Å². The standard InChI is InChI=1S/C20H25N3O3/c24-17-20(23-18(25)22-17)10-6-13(7-11-20)21-15-12-19(8-3-9-19)26-16-5-2-1-4-14(15)16/h1-2,4-5,13,15,21H,3,6-12H2,(H2,22,23,24,25)/t13?,15-,20?/m0/s1. The minimum atomic E-state index is -0.682. The van der Waals surface area contributed by atoms with Gasteiger partial charge in [-0.25, -0.2) is 4.79 Å². The van der Waals surface area contributed by atoms with Crippen LogP contribution in [0, 0.1) is 0 Å². The molecular weight excluding hydrogens is 330 g/mol. The molecule has 138 valence electrons. The summed E-state index contributed by atoms with van der Waals surface area (Å²) in [5, 5.41) is 9.07. The van der Waals surface area contributed by atoms with Crippen molar-refractivity contribution in [2.24, 2.45) is 0 Å². The van der Waals surface area contributed by atoms with Crippen molar-refractivity contribution in [1.82, 2.24) is 16.0 Å². The number of imide groups is 1. The van der Waals surface area contributed by atoms with Crippen molar-refractivity contribution in [2.75, 3.05) is 0 Å². The number of nitrogens with one attached hydrogen (secondary N) is 3. The molecular formula is C20H25N3O3. The van der Waals surface area contributed by atoms with Gasteiger partial charge in [0, 0.05) is 24.1 Å². The lowest BCUT2D eigenvalue weighted by molar-refractivity contribution is -0.125. The zero-order valence-electron chi connectivity index (χ0n) is 14.8. The van der Waals surface area contributed by atoms with Crippen molar-refractivity contribution < 1.29 is 14.3 Å². The predicted molar refractivity (Wildman–Crippen MR) is 95.8 cm³/mol. The summed E-state index contributed by atoms with van der Waals surface area (Å²) in [6.45, 7) is 0. The number of carbonyl (C=O) groups excluding carboxylic acids is 2. The fourth-order valence-electron chi connectivity index (χ4n) is 5.09. The molecule has 26 heavy (non-hydrogen) atoms. The highest BCUT2D eigenvalue weighted by Gasteiger charge is 2.49. The summed E-state index contributed by atoms with van der Waals surface area (Å²) in [4.78, 5) is 23.6. The van der Waals surface area contributed by atoms with Gasteiger partial charge in [0.1, 0.15) is 16.9 Å². The molecule has 2 spiro atoms. The van der Waals surface area contributed by atoms with Gasteiger partial charge in [-0.3, -0.25) is 10.1 Å². The lowest BCUT2D eigenvalue weighted by Crippen LogP contribution is -2.54. The summed E-state index contributed by atoms with van der Waals surface area (Å²) in [7, 11) is 0. The molecule has 3 amide bonds. The van der Waals surface area contributed by atoms with Gasteiger partial charge < -0.3 is 15.4 Å². The Balaban J connectivity index is 1.30. The number of para-hydroxylation sites is 1. The largest absolute Gasteiger partial charge is 0.487 e. The fraction of sp³-hybridized carbons (Fsp3) is 0.600. The molecule has 2 heterocycles. The number of carbonyl (C=O) groups is 2. The Bertz CT molecular complexity index is 750. The van der Waals surface area contributed by atoms with Crippen LogP contribution in [0.1, 0.15) is 63.0 Å². The molecule has 1 saturated heterocycles. The van der Waals surface area contributed by atoms with Gasteiger partial charge >= 0.3 is 6.03 Å². The molecule has 0 unspecified atom stereocenters. The van der Waals surface area contributed by atoms with E-state index in [1.54, 1.807) is 0 Å². The molecule has 3 N–H and O–H groups in total. The summed E-state index contributed by atoms with van der Waals surface area (Å²) < 4.78 is 6.34. The third-order valence-corrected chi connectivity index (χ3v) is 6.75. The van der Waals surface area contributed by atoms with Crippen LogP contribution in [0.4, 0.5) is 4.79 Å². The van der Waals surface area contributed by atoms with Crippen LogP contribution in [0.15, 0.2) is 24.3 Å². The normalized spacial score (nSPS) is 34.6. The van der Waals surface area contributed by atoms with Gasteiger partial charge in [0.2, 0.25) is 0 Å². The van der Waals surface area contributed by atoms with Crippen molar-refractivity contribution in [3.8, 4) is 5.75 Å². The highest BCUT2D eigenvalue weighted by Crippen LogP contribution is 2.49. The van der Waals surface area contributed by atoms with Crippen LogP contribution in [0.3, 0.4) is 0 Å². The number of fused-ring (bicyclic) bond motifs is 1. The van der Waals surface area contributed by atoms with E-state index in [2.05, 4.69) is 34.1 Å². The predicted octanol–water partition coefficient (Wildman–Crippen LogP) is 2.54. The lowest BCUT2D eigenvalue weighted by Gasteiger charge is -2.49. The minimum Gasteiger partial charge on any atom is -0.487 e. The number of amides is 3. The maximum atomic E-state index is 12.1. The van der Waals surface area contributed by atoms with E-state index in [1.807, 2.05) is 6.07 Å². The van der Waals surface area contributed by atoms with Crippen LogP contribution in [0.2, 0.25) is 0 Å². The Hall–Kier alpha value is -2.08. The molecule has 1 aromatic rings. The number of benzene rings is 1. The molecule has 0 radical (unpaired) electrons. The van der Waals surface area contributed by atoms with Crippen molar-refractivity contribution in [1.29, 1.82) is 0 Å². The molecule has 2 saturated carbocycles. The molecule has 0 bridgehead atoms. The summed E-state index contributed by atoms with van der Waals surface area (Å²) in [6.07, 6.45) is 7.70. The molecule has 6 nitrogen and oxygen atoms in total. The lowest BCUT2D eigenvalue weighted by atomic mass is 9.72. The summed E-state index contributed by atoms with van der Waals surface area (Å²) in [5.74, 6) is 0.858. The molecule has 1 aromatic carbocycles. The molecule has 0 aromatic heterocycles. The van der Waals surface area contributed by atoms with Gasteiger partial charge in [-0.1, -0.05) is 18.2 Å². The molecule has 6 heteroatoms. The average Bonchev–Trinajstić information content (AvgIpc) is 2.89. The molecule has 1 atom stereocenters. The van der Waals surface area contributed by atoms with E-state index in [0.29, 0.717) is 24.9 Å². The first-order valence-electron chi connectivity index (χ1n) is 9.75. The SMILES string of the molecule is O=C1NC(=O)C2(CCC(N[C@H]3CC4(CCC4)Oc4ccccc43)CC2)N1. The van der Waals surface area contributed by atoms with Gasteiger partial charge in [-0.05, 0) is 51.0 Å². The van der Waals surface area contributed by atoms with E-state index in [4.69, 9.17) is 4.74 Å². The monoisotopic (exact) mass is 355 g/mol. The van der Waals surface area contributed by atoms with Gasteiger partial charge in [0.05, 0.1) is 0 Å². The maximum Gasteiger partial charge on any atom is 0.322 e. The van der Waals surface area contributed by atoms with Crippen LogP contribution >= 0.6 is 0 Å². The van der Waals surface area contributed by atoms with E-state index < -0.39 is 5.54 Å². The number of hydrogen-bond donors (Lipinski definition) is 3. The Labute approximate surface area is 153 Å². The first kappa shape index (κ1) is 16.1. The number of rotatable bonds is 2. The van der Waals surface area contributed by atoms with Gasteiger partial charge in [-0.15, -0.1) is 0 Å². The molecule has 3 fully saturated rings. The summed E-state index contributed by atoms with van der Waals surface area (Å²) in [5.41, 5.74) is 0.580. The number of urea groups is 1. The quantitative estimate of drug-likeness (QED) is 0.713. The second-order valence-electron chi connectivity index (χ2n) is 8.36. The smallest absolute Gasteiger partial charge is 0.322 e. The second-order valence-corrected chi connectivity index (χ2v) is 8.36. The highest BCUT2D eigenvalue weighted by molar-refractivity contribution is 6.07. The first-order valence-corrected chi connectivity index (χ1v) is 9.75. The first-order chi connectivity index (χ1) is 12.6. The van der Waals surface area contributed by atoms with E-state index >= 15 is 0 Å². The van der Waals surface area contributed by atoms with Crippen LogP contribution in [0.25, 0.3) is 0 Å². The topological polar surface area (TPSA) is 79.5 Å². The van der Waals surface area contributed by atoms with Gasteiger partial charge in [0.15, 0.2) is 0 Å². The van der Waals surface area contributed by atoms with Crippen LogP contribution in [-0.4, -0.2) is 29.1 Å². The van der Waals surface area contributed by atoms with Gasteiger partial charge in [-0.2, -0.15) is 0 Å². The van der Waals surface area contributed by atoms with E-state index in [-0.39, 0.29) is 17.5 Å². The second kappa shape index (κ2) is 5.71. The Kier molecular flexibility index (Phi) is 3.54. The average molecular weight is 355 g/mol. The van der Waals surface area contributed by atoms with Crippen LogP contribution in [0.5, 0.6) is 5.75 Å². The van der Waals surface area contributed by atoms with E-state index in [0.717, 1.165) is 37.9 Å². The number of ether oxygens (including phenoxy) is 1. The molecule has 4 aliphatic rings. The molecule has 2 aliphatic heterocycles. The maximum absolute atomic E-state index is 12.1. The Morgan fingerprint density at radius 1 is 1.08 bits per heavy atom. The molecule has 2 aliphatic carbocycles. The number of hydrogen-bond acceptors (Lipinski definition) is 4. The Morgan fingerprint density at radius 2 is 1.85 bits per heavy atom.